The number of anilines is 1. The van der Waals surface area contributed by atoms with E-state index in [4.69, 9.17) is 0 Å². The fourth-order valence-corrected chi connectivity index (χ4v) is 2.14. The lowest BCUT2D eigenvalue weighted by atomic mass is 10.2. The number of aldehydes is 1. The van der Waals surface area contributed by atoms with Crippen molar-refractivity contribution in [3.63, 3.8) is 0 Å². The first-order valence-corrected chi connectivity index (χ1v) is 6.98. The summed E-state index contributed by atoms with van der Waals surface area (Å²) >= 11 is 3.37. The van der Waals surface area contributed by atoms with Gasteiger partial charge < -0.3 is 9.80 Å². The molecule has 0 aliphatic heterocycles. The molecule has 0 heterocycles. The zero-order valence-corrected chi connectivity index (χ0v) is 13.1. The average molecular weight is 327 g/mol. The molecule has 0 saturated carbocycles. The van der Waals surface area contributed by atoms with Crippen LogP contribution in [-0.4, -0.2) is 44.3 Å². The van der Waals surface area contributed by atoms with Crippen molar-refractivity contribution in [3.8, 4) is 0 Å². The molecule has 0 unspecified atom stereocenters. The van der Waals surface area contributed by atoms with E-state index in [-0.39, 0.29) is 5.91 Å². The minimum absolute atomic E-state index is 0.0593. The molecule has 0 radical (unpaired) electrons. The molecule has 5 heteroatoms. The zero-order chi connectivity index (χ0) is 14.4. The molecule has 0 saturated heterocycles. The van der Waals surface area contributed by atoms with Crippen LogP contribution in [0, 0.1) is 0 Å². The highest BCUT2D eigenvalue weighted by Crippen LogP contribution is 2.23. The molecule has 1 amide bonds. The van der Waals surface area contributed by atoms with Gasteiger partial charge in [-0.25, -0.2) is 0 Å². The Bertz CT molecular complexity index is 461. The molecule has 0 aromatic heterocycles. The van der Waals surface area contributed by atoms with Crippen LogP contribution in [0.15, 0.2) is 22.7 Å². The molecule has 4 nitrogen and oxygen atoms in total. The van der Waals surface area contributed by atoms with Crippen molar-refractivity contribution in [2.45, 2.75) is 13.3 Å². The Morgan fingerprint density at radius 1 is 1.37 bits per heavy atom. The van der Waals surface area contributed by atoms with E-state index in [1.165, 1.54) is 0 Å². The van der Waals surface area contributed by atoms with E-state index in [0.717, 1.165) is 29.4 Å². The smallest absolute Gasteiger partial charge is 0.241 e. The molecule has 0 N–H and O–H groups in total. The predicted molar refractivity (Wildman–Crippen MR) is 80.7 cm³/mol. The number of carbonyl (C=O) groups excluding carboxylic acids is 2. The van der Waals surface area contributed by atoms with E-state index < -0.39 is 0 Å². The van der Waals surface area contributed by atoms with Crippen LogP contribution in [0.4, 0.5) is 5.69 Å². The number of nitrogens with zero attached hydrogens (tertiary/aromatic N) is 2. The Labute approximate surface area is 122 Å². The van der Waals surface area contributed by atoms with Gasteiger partial charge in [0.2, 0.25) is 5.91 Å². The zero-order valence-electron chi connectivity index (χ0n) is 11.5. The van der Waals surface area contributed by atoms with Crippen molar-refractivity contribution in [2.75, 3.05) is 32.1 Å². The molecule has 0 atom stereocenters. The molecule has 1 aromatic carbocycles. The van der Waals surface area contributed by atoms with Gasteiger partial charge in [-0.3, -0.25) is 9.59 Å². The third kappa shape index (κ3) is 4.35. The van der Waals surface area contributed by atoms with Gasteiger partial charge >= 0.3 is 0 Å². The van der Waals surface area contributed by atoms with Gasteiger partial charge in [-0.2, -0.15) is 0 Å². The minimum Gasteiger partial charge on any atom is -0.362 e. The van der Waals surface area contributed by atoms with E-state index in [0.29, 0.717) is 12.1 Å². The second-order valence-electron chi connectivity index (χ2n) is 4.53. The molecular weight excluding hydrogens is 308 g/mol. The Morgan fingerprint density at radius 3 is 2.53 bits per heavy atom. The highest BCUT2D eigenvalue weighted by atomic mass is 79.9. The lowest BCUT2D eigenvalue weighted by molar-refractivity contribution is -0.127. The maximum absolute atomic E-state index is 11.8. The summed E-state index contributed by atoms with van der Waals surface area (Å²) in [5.41, 5.74) is 1.55. The van der Waals surface area contributed by atoms with Gasteiger partial charge in [0.15, 0.2) is 6.29 Å². The quantitative estimate of drug-likeness (QED) is 0.754. The van der Waals surface area contributed by atoms with Crippen molar-refractivity contribution in [1.29, 1.82) is 0 Å². The van der Waals surface area contributed by atoms with Gasteiger partial charge in [0.05, 0.1) is 6.54 Å². The van der Waals surface area contributed by atoms with Crippen molar-refractivity contribution in [3.05, 3.63) is 28.2 Å². The monoisotopic (exact) mass is 326 g/mol. The summed E-state index contributed by atoms with van der Waals surface area (Å²) in [4.78, 5) is 26.2. The van der Waals surface area contributed by atoms with Gasteiger partial charge in [-0.1, -0.05) is 6.92 Å². The minimum atomic E-state index is 0.0593. The van der Waals surface area contributed by atoms with Crippen LogP contribution < -0.4 is 4.90 Å². The second-order valence-corrected chi connectivity index (χ2v) is 5.39. The highest BCUT2D eigenvalue weighted by Gasteiger charge is 2.13. The van der Waals surface area contributed by atoms with Gasteiger partial charge in [-0.05, 0) is 40.5 Å². The van der Waals surface area contributed by atoms with Gasteiger partial charge in [0, 0.05) is 36.4 Å². The SMILES string of the molecule is CCCN(CC(=O)N(C)C)c1ccc(C=O)c(Br)c1. The van der Waals surface area contributed by atoms with Crippen molar-refractivity contribution < 1.29 is 9.59 Å². The van der Waals surface area contributed by atoms with Gasteiger partial charge in [0.1, 0.15) is 0 Å². The number of rotatable bonds is 6. The maximum Gasteiger partial charge on any atom is 0.241 e. The summed E-state index contributed by atoms with van der Waals surface area (Å²) in [6, 6.07) is 5.50. The highest BCUT2D eigenvalue weighted by molar-refractivity contribution is 9.10. The third-order valence-electron chi connectivity index (χ3n) is 2.79. The molecule has 0 aliphatic rings. The van der Waals surface area contributed by atoms with Crippen LogP contribution in [0.5, 0.6) is 0 Å². The Balaban J connectivity index is 2.95. The molecule has 104 valence electrons. The lowest BCUT2D eigenvalue weighted by Gasteiger charge is -2.25. The van der Waals surface area contributed by atoms with Gasteiger partial charge in [-0.15, -0.1) is 0 Å². The predicted octanol–water partition coefficient (Wildman–Crippen LogP) is 2.57. The number of halogens is 1. The van der Waals surface area contributed by atoms with E-state index in [1.807, 2.05) is 17.0 Å². The Kier molecular flexibility index (Phi) is 6.02. The second kappa shape index (κ2) is 7.28. The first-order valence-electron chi connectivity index (χ1n) is 6.19. The molecule has 1 rings (SSSR count). The van der Waals surface area contributed by atoms with Crippen molar-refractivity contribution >= 4 is 33.8 Å². The fourth-order valence-electron chi connectivity index (χ4n) is 1.68. The van der Waals surface area contributed by atoms with E-state index in [9.17, 15) is 9.59 Å². The summed E-state index contributed by atoms with van der Waals surface area (Å²) in [5, 5.41) is 0. The van der Waals surface area contributed by atoms with E-state index in [1.54, 1.807) is 25.1 Å². The van der Waals surface area contributed by atoms with Crippen LogP contribution in [0.3, 0.4) is 0 Å². The summed E-state index contributed by atoms with van der Waals surface area (Å²) in [7, 11) is 3.50. The fraction of sp³-hybridized carbons (Fsp3) is 0.429. The number of carbonyl (C=O) groups is 2. The summed E-state index contributed by atoms with van der Waals surface area (Å²) in [6.07, 6.45) is 1.76. The summed E-state index contributed by atoms with van der Waals surface area (Å²) in [6.45, 7) is 3.21. The molecule has 0 aliphatic carbocycles. The standard InChI is InChI=1S/C14H19BrN2O2/c1-4-7-17(9-14(19)16(2)3)12-6-5-11(10-18)13(15)8-12/h5-6,8,10H,4,7,9H2,1-3H3. The Morgan fingerprint density at radius 2 is 2.05 bits per heavy atom. The first-order chi connectivity index (χ1) is 8.99. The molecule has 19 heavy (non-hydrogen) atoms. The van der Waals surface area contributed by atoms with Crippen LogP contribution >= 0.6 is 15.9 Å². The molecule has 1 aromatic rings. The summed E-state index contributed by atoms with van der Waals surface area (Å²) < 4.78 is 0.749. The van der Waals surface area contributed by atoms with Crippen molar-refractivity contribution in [2.24, 2.45) is 0 Å². The molecular formula is C14H19BrN2O2. The number of benzene rings is 1. The lowest BCUT2D eigenvalue weighted by Crippen LogP contribution is -2.37. The normalized spacial score (nSPS) is 10.1. The number of amides is 1. The Hall–Kier alpha value is -1.36. The summed E-state index contributed by atoms with van der Waals surface area (Å²) in [5.74, 6) is 0.0593. The third-order valence-corrected chi connectivity index (χ3v) is 3.48. The van der Waals surface area contributed by atoms with Crippen LogP contribution in [-0.2, 0) is 4.79 Å². The van der Waals surface area contributed by atoms with Crippen LogP contribution in [0.25, 0.3) is 0 Å². The average Bonchev–Trinajstić information content (AvgIpc) is 2.37. The number of likely N-dealkylation sites (N-methyl/N-ethyl adjacent to an activating group) is 1. The topological polar surface area (TPSA) is 40.6 Å². The number of hydrogen-bond donors (Lipinski definition) is 0. The maximum atomic E-state index is 11.8. The van der Waals surface area contributed by atoms with Crippen molar-refractivity contribution in [1.82, 2.24) is 4.90 Å². The molecule has 0 bridgehead atoms. The largest absolute Gasteiger partial charge is 0.362 e. The van der Waals surface area contributed by atoms with Crippen LogP contribution in [0.2, 0.25) is 0 Å². The first kappa shape index (κ1) is 15.7. The van der Waals surface area contributed by atoms with Crippen LogP contribution in [0.1, 0.15) is 23.7 Å². The van der Waals surface area contributed by atoms with E-state index in [2.05, 4.69) is 22.9 Å². The number of hydrogen-bond acceptors (Lipinski definition) is 3. The van der Waals surface area contributed by atoms with E-state index >= 15 is 0 Å². The molecule has 0 fully saturated rings. The van der Waals surface area contributed by atoms with Gasteiger partial charge in [0.25, 0.3) is 0 Å². The molecule has 0 spiro atoms.